The highest BCUT2D eigenvalue weighted by atomic mass is 16.2. The molecule has 1 unspecified atom stereocenters. The Morgan fingerprint density at radius 3 is 2.50 bits per heavy atom. The van der Waals surface area contributed by atoms with Crippen LogP contribution in [0.4, 0.5) is 11.5 Å². The molecule has 0 aliphatic heterocycles. The largest absolute Gasteiger partial charge is 0.372 e. The first-order valence-electron chi connectivity index (χ1n) is 10.5. The van der Waals surface area contributed by atoms with Crippen LogP contribution >= 0.6 is 0 Å². The van der Waals surface area contributed by atoms with Gasteiger partial charge in [-0.3, -0.25) is 14.6 Å². The van der Waals surface area contributed by atoms with Crippen LogP contribution in [0.15, 0.2) is 24.7 Å². The van der Waals surface area contributed by atoms with E-state index < -0.39 is 6.04 Å². The van der Waals surface area contributed by atoms with Crippen LogP contribution in [0.2, 0.25) is 0 Å². The first-order valence-corrected chi connectivity index (χ1v) is 10.5. The SMILES string of the molecule is CC(Nc1cc(-c2cnc(NC(=O)C3CC3)cn2)cnc1C#N)C(=O)N(C)CCN(C)C. The van der Waals surface area contributed by atoms with E-state index >= 15 is 0 Å². The molecular weight excluding hydrogens is 408 g/mol. The Labute approximate surface area is 187 Å². The van der Waals surface area contributed by atoms with Crippen molar-refractivity contribution in [2.75, 3.05) is 44.9 Å². The number of nitriles is 1. The van der Waals surface area contributed by atoms with Gasteiger partial charge < -0.3 is 20.4 Å². The van der Waals surface area contributed by atoms with Gasteiger partial charge in [0.15, 0.2) is 11.5 Å². The topological polar surface area (TPSA) is 127 Å². The lowest BCUT2D eigenvalue weighted by molar-refractivity contribution is -0.130. The van der Waals surface area contributed by atoms with E-state index in [4.69, 9.17) is 0 Å². The third kappa shape index (κ3) is 5.98. The van der Waals surface area contributed by atoms with Gasteiger partial charge in [-0.25, -0.2) is 9.97 Å². The number of likely N-dealkylation sites (N-methyl/N-ethyl adjacent to an activating group) is 2. The Morgan fingerprint density at radius 2 is 1.91 bits per heavy atom. The number of nitrogens with one attached hydrogen (secondary N) is 2. The Balaban J connectivity index is 1.71. The number of hydrogen-bond acceptors (Lipinski definition) is 8. The second kappa shape index (κ2) is 10.2. The van der Waals surface area contributed by atoms with Gasteiger partial charge in [0, 0.05) is 37.8 Å². The maximum atomic E-state index is 12.7. The van der Waals surface area contributed by atoms with Crippen LogP contribution in [0.3, 0.4) is 0 Å². The molecule has 0 aromatic carbocycles. The normalized spacial score (nSPS) is 13.9. The number of rotatable bonds is 9. The smallest absolute Gasteiger partial charge is 0.244 e. The molecule has 2 aromatic rings. The second-order valence-electron chi connectivity index (χ2n) is 8.21. The van der Waals surface area contributed by atoms with Crippen LogP contribution in [0, 0.1) is 17.2 Å². The number of carbonyl (C=O) groups excluding carboxylic acids is 2. The molecule has 1 saturated carbocycles. The number of anilines is 2. The van der Waals surface area contributed by atoms with E-state index in [1.165, 1.54) is 12.4 Å². The zero-order valence-corrected chi connectivity index (χ0v) is 18.8. The van der Waals surface area contributed by atoms with Crippen molar-refractivity contribution in [2.24, 2.45) is 5.92 Å². The van der Waals surface area contributed by atoms with E-state index in [9.17, 15) is 14.9 Å². The molecule has 2 N–H and O–H groups in total. The van der Waals surface area contributed by atoms with Gasteiger partial charge in [-0.05, 0) is 39.9 Å². The first-order chi connectivity index (χ1) is 15.3. The fourth-order valence-electron chi connectivity index (χ4n) is 3.01. The molecule has 0 radical (unpaired) electrons. The summed E-state index contributed by atoms with van der Waals surface area (Å²) < 4.78 is 0. The molecule has 2 amide bonds. The fraction of sp³-hybridized carbons (Fsp3) is 0.455. The van der Waals surface area contributed by atoms with Crippen molar-refractivity contribution in [3.8, 4) is 17.3 Å². The minimum absolute atomic E-state index is 0.0345. The van der Waals surface area contributed by atoms with Gasteiger partial charge in [0.2, 0.25) is 11.8 Å². The van der Waals surface area contributed by atoms with Crippen LogP contribution in [-0.2, 0) is 9.59 Å². The molecule has 0 saturated heterocycles. The standard InChI is InChI=1S/C22H28N8O2/c1-14(22(32)30(4)8-7-29(2)3)27-17-9-16(11-24-18(17)10-23)19-12-26-20(13-25-19)28-21(31)15-5-6-15/h9,11-15,27H,5-8H2,1-4H3,(H,26,28,31). The van der Waals surface area contributed by atoms with E-state index in [0.29, 0.717) is 29.3 Å². The number of carbonyl (C=O) groups is 2. The fourth-order valence-corrected chi connectivity index (χ4v) is 3.01. The van der Waals surface area contributed by atoms with Crippen molar-refractivity contribution in [3.05, 3.63) is 30.4 Å². The summed E-state index contributed by atoms with van der Waals surface area (Å²) >= 11 is 0. The number of hydrogen-bond donors (Lipinski definition) is 2. The lowest BCUT2D eigenvalue weighted by atomic mass is 10.1. The van der Waals surface area contributed by atoms with E-state index in [1.807, 2.05) is 25.1 Å². The Morgan fingerprint density at radius 1 is 1.16 bits per heavy atom. The van der Waals surface area contributed by atoms with E-state index in [-0.39, 0.29) is 23.4 Å². The third-order valence-corrected chi connectivity index (χ3v) is 5.14. The van der Waals surface area contributed by atoms with Crippen molar-refractivity contribution in [1.29, 1.82) is 5.26 Å². The number of pyridine rings is 1. The summed E-state index contributed by atoms with van der Waals surface area (Å²) in [5.74, 6) is 0.356. The van der Waals surface area contributed by atoms with E-state index in [1.54, 1.807) is 31.1 Å². The summed E-state index contributed by atoms with van der Waals surface area (Å²) in [5.41, 5.74) is 1.81. The van der Waals surface area contributed by atoms with Crippen molar-refractivity contribution >= 4 is 23.3 Å². The van der Waals surface area contributed by atoms with Crippen molar-refractivity contribution in [3.63, 3.8) is 0 Å². The summed E-state index contributed by atoms with van der Waals surface area (Å²) in [6.07, 6.45) is 6.39. The van der Waals surface area contributed by atoms with Gasteiger partial charge in [0.1, 0.15) is 12.1 Å². The number of amides is 2. The zero-order valence-electron chi connectivity index (χ0n) is 18.8. The first kappa shape index (κ1) is 23.1. The van der Waals surface area contributed by atoms with Crippen LogP contribution in [-0.4, -0.2) is 76.8 Å². The predicted octanol–water partition coefficient (Wildman–Crippen LogP) is 1.58. The van der Waals surface area contributed by atoms with Gasteiger partial charge in [0.25, 0.3) is 0 Å². The average molecular weight is 437 g/mol. The summed E-state index contributed by atoms with van der Waals surface area (Å²) in [6.45, 7) is 3.10. The average Bonchev–Trinajstić information content (AvgIpc) is 3.63. The lowest BCUT2D eigenvalue weighted by Gasteiger charge is -2.24. The van der Waals surface area contributed by atoms with Gasteiger partial charge >= 0.3 is 0 Å². The molecular formula is C22H28N8O2. The highest BCUT2D eigenvalue weighted by molar-refractivity contribution is 5.93. The summed E-state index contributed by atoms with van der Waals surface area (Å²) in [6, 6.07) is 3.23. The molecule has 3 rings (SSSR count). The van der Waals surface area contributed by atoms with Crippen LogP contribution < -0.4 is 10.6 Å². The summed E-state index contributed by atoms with van der Waals surface area (Å²) in [7, 11) is 5.66. The molecule has 10 nitrogen and oxygen atoms in total. The minimum atomic E-state index is -0.544. The Kier molecular flexibility index (Phi) is 7.33. The Hall–Kier alpha value is -3.58. The highest BCUT2D eigenvalue weighted by Gasteiger charge is 2.29. The monoisotopic (exact) mass is 436 g/mol. The van der Waals surface area contributed by atoms with Crippen LogP contribution in [0.25, 0.3) is 11.3 Å². The molecule has 0 bridgehead atoms. The highest BCUT2D eigenvalue weighted by Crippen LogP contribution is 2.30. The molecule has 1 atom stereocenters. The predicted molar refractivity (Wildman–Crippen MR) is 121 cm³/mol. The molecule has 0 spiro atoms. The molecule has 1 fully saturated rings. The molecule has 1 aliphatic rings. The minimum Gasteiger partial charge on any atom is -0.372 e. The van der Waals surface area contributed by atoms with Gasteiger partial charge in [-0.2, -0.15) is 5.26 Å². The zero-order chi connectivity index (χ0) is 23.3. The number of nitrogens with zero attached hydrogens (tertiary/aromatic N) is 6. The summed E-state index contributed by atoms with van der Waals surface area (Å²) in [4.78, 5) is 41.0. The molecule has 2 heterocycles. The lowest BCUT2D eigenvalue weighted by Crippen LogP contribution is -2.42. The summed E-state index contributed by atoms with van der Waals surface area (Å²) in [5, 5.41) is 15.3. The van der Waals surface area contributed by atoms with Gasteiger partial charge in [-0.1, -0.05) is 0 Å². The van der Waals surface area contributed by atoms with Crippen LogP contribution in [0.1, 0.15) is 25.5 Å². The molecule has 168 valence electrons. The van der Waals surface area contributed by atoms with Crippen LogP contribution in [0.5, 0.6) is 0 Å². The van der Waals surface area contributed by atoms with Crippen molar-refractivity contribution in [2.45, 2.75) is 25.8 Å². The number of aromatic nitrogens is 3. The molecule has 10 heteroatoms. The third-order valence-electron chi connectivity index (χ3n) is 5.14. The Bertz CT molecular complexity index is 1010. The van der Waals surface area contributed by atoms with Gasteiger partial charge in [0.05, 0.1) is 23.8 Å². The molecule has 1 aliphatic carbocycles. The second-order valence-corrected chi connectivity index (χ2v) is 8.21. The molecule has 32 heavy (non-hydrogen) atoms. The van der Waals surface area contributed by atoms with Crippen molar-refractivity contribution < 1.29 is 9.59 Å². The van der Waals surface area contributed by atoms with Gasteiger partial charge in [-0.15, -0.1) is 0 Å². The maximum absolute atomic E-state index is 12.7. The molecule has 2 aromatic heterocycles. The van der Waals surface area contributed by atoms with E-state index in [0.717, 1.165) is 19.4 Å². The van der Waals surface area contributed by atoms with E-state index in [2.05, 4.69) is 25.6 Å². The maximum Gasteiger partial charge on any atom is 0.244 e. The van der Waals surface area contributed by atoms with Crippen molar-refractivity contribution in [1.82, 2.24) is 24.8 Å². The quantitative estimate of drug-likeness (QED) is 0.607.